The van der Waals surface area contributed by atoms with Gasteiger partial charge in [0.05, 0.1) is 5.69 Å². The van der Waals surface area contributed by atoms with Crippen molar-refractivity contribution < 1.29 is 0 Å². The van der Waals surface area contributed by atoms with E-state index in [1.54, 1.807) is 0 Å². The van der Waals surface area contributed by atoms with E-state index in [1.807, 2.05) is 0 Å². The summed E-state index contributed by atoms with van der Waals surface area (Å²) in [6.07, 6.45) is 0. The fourth-order valence-electron chi connectivity index (χ4n) is 3.32. The third-order valence-electron chi connectivity index (χ3n) is 4.11. The van der Waals surface area contributed by atoms with Crippen LogP contribution in [0.1, 0.15) is 26.3 Å². The maximum absolute atomic E-state index is 4.91. The molecule has 3 nitrogen and oxygen atoms in total. The Bertz CT molecular complexity index is 755. The van der Waals surface area contributed by atoms with E-state index >= 15 is 0 Å². The van der Waals surface area contributed by atoms with Crippen molar-refractivity contribution in [2.75, 3.05) is 18.1 Å². The summed E-state index contributed by atoms with van der Waals surface area (Å²) in [5.41, 5.74) is 5.31. The van der Waals surface area contributed by atoms with Gasteiger partial charge in [-0.1, -0.05) is 63.2 Å². The van der Waals surface area contributed by atoms with Crippen LogP contribution in [0.5, 0.6) is 0 Å². The largest absolute Gasteiger partial charge is 0.304 e. The number of fused-ring (bicyclic) bond motifs is 6. The molecule has 2 heterocycles. The Hall–Kier alpha value is -2.29. The van der Waals surface area contributed by atoms with Crippen LogP contribution in [0.3, 0.4) is 0 Å². The minimum absolute atomic E-state index is 0.234. The summed E-state index contributed by atoms with van der Waals surface area (Å²) >= 11 is 0. The lowest BCUT2D eigenvalue weighted by molar-refractivity contribution is 0.215. The quantitative estimate of drug-likeness (QED) is 0.786. The van der Waals surface area contributed by atoms with Crippen LogP contribution in [0.2, 0.25) is 0 Å². The summed E-state index contributed by atoms with van der Waals surface area (Å²) in [5, 5.41) is 7.10. The number of hydrogen-bond donors (Lipinski definition) is 0. The molecule has 0 radical (unpaired) electrons. The van der Waals surface area contributed by atoms with Crippen LogP contribution in [0.25, 0.3) is 11.1 Å². The van der Waals surface area contributed by atoms with Crippen LogP contribution in [0, 0.1) is 5.41 Å². The van der Waals surface area contributed by atoms with Gasteiger partial charge in [-0.15, -0.1) is 0 Å². The van der Waals surface area contributed by atoms with Crippen LogP contribution < -0.4 is 4.90 Å². The highest BCUT2D eigenvalue weighted by Crippen LogP contribution is 2.41. The Morgan fingerprint density at radius 1 is 0.909 bits per heavy atom. The lowest BCUT2D eigenvalue weighted by Gasteiger charge is -2.30. The number of anilines is 1. The number of hydrazone groups is 1. The zero-order valence-corrected chi connectivity index (χ0v) is 13.4. The number of rotatable bonds is 1. The van der Waals surface area contributed by atoms with Gasteiger partial charge >= 0.3 is 0 Å². The highest BCUT2D eigenvalue weighted by Gasteiger charge is 2.34. The van der Waals surface area contributed by atoms with Crippen LogP contribution in [0.15, 0.2) is 53.6 Å². The Balaban J connectivity index is 1.84. The molecule has 0 saturated carbocycles. The number of benzene rings is 2. The van der Waals surface area contributed by atoms with E-state index in [9.17, 15) is 0 Å². The number of para-hydroxylation sites is 1. The second kappa shape index (κ2) is 4.60. The van der Waals surface area contributed by atoms with E-state index < -0.39 is 0 Å². The van der Waals surface area contributed by atoms with E-state index in [4.69, 9.17) is 5.10 Å². The van der Waals surface area contributed by atoms with E-state index in [-0.39, 0.29) is 5.41 Å². The summed E-state index contributed by atoms with van der Waals surface area (Å²) in [5.74, 6) is 1.08. The Kier molecular flexibility index (Phi) is 2.80. The molecule has 0 bridgehead atoms. The molecule has 0 fully saturated rings. The smallest absolute Gasteiger partial charge is 0.162 e. The van der Waals surface area contributed by atoms with Gasteiger partial charge in [0.1, 0.15) is 6.67 Å². The van der Waals surface area contributed by atoms with Crippen LogP contribution >= 0.6 is 0 Å². The molecule has 0 saturated heterocycles. The minimum Gasteiger partial charge on any atom is -0.304 e. The van der Waals surface area contributed by atoms with E-state index in [0.29, 0.717) is 0 Å². The second-order valence-electron chi connectivity index (χ2n) is 7.28. The molecule has 0 aliphatic carbocycles. The highest BCUT2D eigenvalue weighted by molar-refractivity contribution is 6.19. The lowest BCUT2D eigenvalue weighted by atomic mass is 9.93. The predicted octanol–water partition coefficient (Wildman–Crippen LogP) is 4.15. The van der Waals surface area contributed by atoms with Gasteiger partial charge < -0.3 is 4.90 Å². The summed E-state index contributed by atoms with van der Waals surface area (Å²) in [7, 11) is 0. The zero-order valence-electron chi connectivity index (χ0n) is 13.4. The van der Waals surface area contributed by atoms with E-state index in [1.165, 1.54) is 22.4 Å². The Morgan fingerprint density at radius 3 is 2.27 bits per heavy atom. The maximum Gasteiger partial charge on any atom is 0.162 e. The lowest BCUT2D eigenvalue weighted by Crippen LogP contribution is -2.36. The molecule has 0 unspecified atom stereocenters. The Morgan fingerprint density at radius 2 is 1.55 bits per heavy atom. The van der Waals surface area contributed by atoms with Crippen LogP contribution in [-0.2, 0) is 0 Å². The molecular formula is C19H21N3. The van der Waals surface area contributed by atoms with Crippen molar-refractivity contribution in [1.82, 2.24) is 5.01 Å². The van der Waals surface area contributed by atoms with Crippen molar-refractivity contribution >= 4 is 11.5 Å². The summed E-state index contributed by atoms with van der Waals surface area (Å²) in [4.78, 5) is 2.34. The first-order valence-electron chi connectivity index (χ1n) is 7.83. The molecule has 2 aromatic carbocycles. The molecule has 3 heteroatoms. The van der Waals surface area contributed by atoms with Crippen molar-refractivity contribution in [3.8, 4) is 11.1 Å². The fourth-order valence-corrected chi connectivity index (χ4v) is 3.32. The number of amidine groups is 1. The van der Waals surface area contributed by atoms with Gasteiger partial charge in [0.25, 0.3) is 0 Å². The van der Waals surface area contributed by atoms with Crippen molar-refractivity contribution in [3.63, 3.8) is 0 Å². The first kappa shape index (κ1) is 13.4. The highest BCUT2D eigenvalue weighted by atomic mass is 15.6. The summed E-state index contributed by atoms with van der Waals surface area (Å²) in [6.45, 7) is 8.56. The third kappa shape index (κ3) is 2.08. The molecular weight excluding hydrogens is 270 g/mol. The molecule has 0 aromatic heterocycles. The van der Waals surface area contributed by atoms with Gasteiger partial charge in [0, 0.05) is 17.7 Å². The SMILES string of the molecule is CC(C)(C)CN1CN2C(=N1)c1ccccc1-c1ccccc12. The molecule has 22 heavy (non-hydrogen) atoms. The van der Waals surface area contributed by atoms with E-state index in [0.717, 1.165) is 19.0 Å². The van der Waals surface area contributed by atoms with Gasteiger partial charge in [0.15, 0.2) is 5.84 Å². The molecule has 2 aliphatic rings. The van der Waals surface area contributed by atoms with Gasteiger partial charge in [-0.25, -0.2) is 0 Å². The first-order chi connectivity index (χ1) is 10.5. The third-order valence-corrected chi connectivity index (χ3v) is 4.11. The van der Waals surface area contributed by atoms with Crippen molar-refractivity contribution in [2.45, 2.75) is 20.8 Å². The molecule has 0 N–H and O–H groups in total. The monoisotopic (exact) mass is 291 g/mol. The van der Waals surface area contributed by atoms with Crippen molar-refractivity contribution in [2.24, 2.45) is 10.5 Å². The predicted molar refractivity (Wildman–Crippen MR) is 91.9 cm³/mol. The average molecular weight is 291 g/mol. The molecule has 2 aliphatic heterocycles. The molecule has 2 aromatic rings. The van der Waals surface area contributed by atoms with E-state index in [2.05, 4.69) is 79.2 Å². The number of hydrogen-bond acceptors (Lipinski definition) is 3. The van der Waals surface area contributed by atoms with Gasteiger partial charge in [0.2, 0.25) is 0 Å². The maximum atomic E-state index is 4.91. The van der Waals surface area contributed by atoms with Gasteiger partial charge in [-0.3, -0.25) is 5.01 Å². The first-order valence-corrected chi connectivity index (χ1v) is 7.83. The second-order valence-corrected chi connectivity index (χ2v) is 7.28. The summed E-state index contributed by atoms with van der Waals surface area (Å²) in [6, 6.07) is 17.2. The standard InChI is InChI=1S/C19H21N3/c1-19(2,3)12-21-13-22-17-11-7-6-9-15(17)14-8-4-5-10-16(14)18(22)20-21/h4-11H,12-13H2,1-3H3. The molecule has 0 spiro atoms. The van der Waals surface area contributed by atoms with Gasteiger partial charge in [-0.2, -0.15) is 5.10 Å². The summed E-state index contributed by atoms with van der Waals surface area (Å²) < 4.78 is 0. The van der Waals surface area contributed by atoms with Crippen molar-refractivity contribution in [3.05, 3.63) is 54.1 Å². The minimum atomic E-state index is 0.234. The van der Waals surface area contributed by atoms with Crippen LogP contribution in [0.4, 0.5) is 5.69 Å². The fraction of sp³-hybridized carbons (Fsp3) is 0.316. The molecule has 112 valence electrons. The Labute approximate surface area is 131 Å². The van der Waals surface area contributed by atoms with Gasteiger partial charge in [-0.05, 0) is 17.0 Å². The van der Waals surface area contributed by atoms with Crippen molar-refractivity contribution in [1.29, 1.82) is 0 Å². The number of nitrogens with zero attached hydrogens (tertiary/aromatic N) is 3. The molecule has 0 atom stereocenters. The molecule has 0 amide bonds. The zero-order chi connectivity index (χ0) is 15.3. The topological polar surface area (TPSA) is 18.8 Å². The molecule has 4 rings (SSSR count). The normalized spacial score (nSPS) is 16.0. The van der Waals surface area contributed by atoms with Crippen LogP contribution in [-0.4, -0.2) is 24.1 Å². The average Bonchev–Trinajstić information content (AvgIpc) is 2.89.